The molecule has 0 amide bonds. The number of alkyl halides is 3. The number of hydrogen-bond donors (Lipinski definition) is 2. The van der Waals surface area contributed by atoms with Crippen LogP contribution in [0.5, 0.6) is 0 Å². The van der Waals surface area contributed by atoms with E-state index in [9.17, 15) is 13.2 Å². The predicted molar refractivity (Wildman–Crippen MR) is 37.8 cm³/mol. The number of nitrogens with zero attached hydrogens (tertiary/aromatic N) is 2. The number of nitrogens with two attached hydrogens (primary N) is 1. The highest BCUT2D eigenvalue weighted by molar-refractivity contribution is 5.25. The van der Waals surface area contributed by atoms with E-state index in [1.807, 2.05) is 0 Å². The quantitative estimate of drug-likeness (QED) is 0.696. The third-order valence-corrected chi connectivity index (χ3v) is 2.25. The lowest BCUT2D eigenvalue weighted by Crippen LogP contribution is -2.29. The van der Waals surface area contributed by atoms with Crippen LogP contribution >= 0.6 is 0 Å². The normalized spacial score (nSPS) is 20.2. The summed E-state index contributed by atoms with van der Waals surface area (Å²) in [5.41, 5.74) is 3.32. The fourth-order valence-corrected chi connectivity index (χ4v) is 1.27. The molecule has 1 aliphatic carbocycles. The summed E-state index contributed by atoms with van der Waals surface area (Å²) in [6, 6.07) is 0. The summed E-state index contributed by atoms with van der Waals surface area (Å²) in [4.78, 5) is 3.50. The van der Waals surface area contributed by atoms with Crippen LogP contribution in [0.25, 0.3) is 0 Å². The first-order chi connectivity index (χ1) is 5.96. The molecule has 2 rings (SSSR count). The molecule has 1 aromatic rings. The number of nitrogen functional groups attached to an aromatic ring is 1. The van der Waals surface area contributed by atoms with Gasteiger partial charge in [-0.25, -0.2) is 0 Å². The van der Waals surface area contributed by atoms with Crippen molar-refractivity contribution in [1.82, 2.24) is 15.2 Å². The van der Waals surface area contributed by atoms with Crippen molar-refractivity contribution >= 4 is 5.95 Å². The molecule has 13 heavy (non-hydrogen) atoms. The average Bonchev–Trinajstić information content (AvgIpc) is 2.70. The van der Waals surface area contributed by atoms with Crippen molar-refractivity contribution in [2.75, 3.05) is 5.73 Å². The maximum absolute atomic E-state index is 12.5. The van der Waals surface area contributed by atoms with Gasteiger partial charge >= 0.3 is 6.18 Å². The fourth-order valence-electron chi connectivity index (χ4n) is 1.27. The molecule has 0 aromatic carbocycles. The van der Waals surface area contributed by atoms with Gasteiger partial charge in [0, 0.05) is 0 Å². The lowest BCUT2D eigenvalue weighted by molar-refractivity contribution is -0.162. The standard InChI is InChI=1S/C6H7F3N4/c7-6(8,9)5(1-2-5)3-11-4(10)13-12-3/h1-2H2,(H3,10,11,12,13). The van der Waals surface area contributed by atoms with Crippen LogP contribution in [-0.2, 0) is 5.41 Å². The molecular formula is C6H7F3N4. The zero-order valence-electron chi connectivity index (χ0n) is 6.52. The molecule has 1 aromatic heterocycles. The molecule has 1 aliphatic rings. The second-order valence-corrected chi connectivity index (χ2v) is 3.12. The molecule has 4 nitrogen and oxygen atoms in total. The highest BCUT2D eigenvalue weighted by Crippen LogP contribution is 2.57. The van der Waals surface area contributed by atoms with Gasteiger partial charge < -0.3 is 5.73 Å². The van der Waals surface area contributed by atoms with Crippen LogP contribution in [0.1, 0.15) is 18.7 Å². The average molecular weight is 192 g/mol. The molecule has 0 radical (unpaired) electrons. The summed E-state index contributed by atoms with van der Waals surface area (Å²) in [5.74, 6) is -0.317. The Kier molecular flexibility index (Phi) is 1.38. The molecule has 1 fully saturated rings. The molecule has 3 N–H and O–H groups in total. The number of nitrogens with one attached hydrogen (secondary N) is 1. The molecule has 72 valence electrons. The number of halogens is 3. The molecule has 1 saturated carbocycles. The lowest BCUT2D eigenvalue weighted by Gasteiger charge is -2.15. The van der Waals surface area contributed by atoms with E-state index >= 15 is 0 Å². The Morgan fingerprint density at radius 3 is 2.31 bits per heavy atom. The van der Waals surface area contributed by atoms with Gasteiger partial charge in [0.25, 0.3) is 0 Å². The van der Waals surface area contributed by atoms with Crippen LogP contribution in [0, 0.1) is 0 Å². The van der Waals surface area contributed by atoms with E-state index in [0.717, 1.165) is 0 Å². The summed E-state index contributed by atoms with van der Waals surface area (Å²) < 4.78 is 37.4. The van der Waals surface area contributed by atoms with Crippen LogP contribution in [-0.4, -0.2) is 21.4 Å². The molecular weight excluding hydrogens is 185 g/mol. The van der Waals surface area contributed by atoms with Gasteiger partial charge in [-0.3, -0.25) is 5.10 Å². The fraction of sp³-hybridized carbons (Fsp3) is 0.667. The summed E-state index contributed by atoms with van der Waals surface area (Å²) in [7, 11) is 0. The van der Waals surface area contributed by atoms with Crippen molar-refractivity contribution < 1.29 is 13.2 Å². The maximum Gasteiger partial charge on any atom is 0.401 e. The van der Waals surface area contributed by atoms with Crippen molar-refractivity contribution in [1.29, 1.82) is 0 Å². The van der Waals surface area contributed by atoms with Gasteiger partial charge in [0.2, 0.25) is 5.95 Å². The SMILES string of the molecule is Nc1n[nH]c(C2(C(F)(F)F)CC2)n1. The zero-order valence-corrected chi connectivity index (χ0v) is 6.52. The minimum Gasteiger partial charge on any atom is -0.367 e. The van der Waals surface area contributed by atoms with E-state index in [2.05, 4.69) is 15.2 Å². The molecule has 0 aliphatic heterocycles. The minimum absolute atomic E-state index is 0.0606. The zero-order chi connectivity index (χ0) is 9.69. The number of aromatic nitrogens is 3. The second kappa shape index (κ2) is 2.15. The molecule has 0 spiro atoms. The van der Waals surface area contributed by atoms with Gasteiger partial charge in [0.05, 0.1) is 0 Å². The third kappa shape index (κ3) is 1.06. The van der Waals surface area contributed by atoms with Crippen molar-refractivity contribution in [3.63, 3.8) is 0 Å². The van der Waals surface area contributed by atoms with E-state index in [0.29, 0.717) is 0 Å². The Hall–Kier alpha value is -1.27. The van der Waals surface area contributed by atoms with E-state index < -0.39 is 11.6 Å². The smallest absolute Gasteiger partial charge is 0.367 e. The number of aromatic amines is 1. The summed E-state index contributed by atoms with van der Waals surface area (Å²) >= 11 is 0. The number of H-pyrrole nitrogens is 1. The molecule has 0 atom stereocenters. The van der Waals surface area contributed by atoms with E-state index in [-0.39, 0.29) is 24.6 Å². The van der Waals surface area contributed by atoms with Crippen molar-refractivity contribution in [2.24, 2.45) is 0 Å². The first-order valence-electron chi connectivity index (χ1n) is 3.71. The maximum atomic E-state index is 12.5. The van der Waals surface area contributed by atoms with Gasteiger partial charge in [0.15, 0.2) is 0 Å². The van der Waals surface area contributed by atoms with Crippen LogP contribution < -0.4 is 5.73 Å². The van der Waals surface area contributed by atoms with Gasteiger partial charge in [-0.15, -0.1) is 5.10 Å². The highest BCUT2D eigenvalue weighted by atomic mass is 19.4. The first-order valence-corrected chi connectivity index (χ1v) is 3.71. The number of hydrogen-bond acceptors (Lipinski definition) is 3. The summed E-state index contributed by atoms with van der Waals surface area (Å²) in [5, 5.41) is 5.59. The second-order valence-electron chi connectivity index (χ2n) is 3.12. The Balaban J connectivity index is 2.36. The Labute approximate surface area is 71.3 Å². The minimum atomic E-state index is -4.26. The van der Waals surface area contributed by atoms with Crippen LogP contribution in [0.15, 0.2) is 0 Å². The van der Waals surface area contributed by atoms with Crippen LogP contribution in [0.3, 0.4) is 0 Å². The lowest BCUT2D eigenvalue weighted by atomic mass is 10.1. The van der Waals surface area contributed by atoms with Crippen molar-refractivity contribution in [3.8, 4) is 0 Å². The van der Waals surface area contributed by atoms with E-state index in [1.165, 1.54) is 0 Å². The van der Waals surface area contributed by atoms with Gasteiger partial charge in [-0.2, -0.15) is 18.2 Å². The molecule has 0 bridgehead atoms. The topological polar surface area (TPSA) is 67.6 Å². The monoisotopic (exact) mass is 192 g/mol. The van der Waals surface area contributed by atoms with Crippen molar-refractivity contribution in [3.05, 3.63) is 5.82 Å². The van der Waals surface area contributed by atoms with Gasteiger partial charge in [-0.1, -0.05) is 0 Å². The molecule has 7 heteroatoms. The third-order valence-electron chi connectivity index (χ3n) is 2.25. The first kappa shape index (κ1) is 8.33. The van der Waals surface area contributed by atoms with E-state index in [4.69, 9.17) is 5.73 Å². The van der Waals surface area contributed by atoms with Crippen LogP contribution in [0.4, 0.5) is 19.1 Å². The Morgan fingerprint density at radius 1 is 1.38 bits per heavy atom. The molecule has 1 heterocycles. The number of rotatable bonds is 1. The van der Waals surface area contributed by atoms with Crippen LogP contribution in [0.2, 0.25) is 0 Å². The summed E-state index contributed by atoms with van der Waals surface area (Å²) in [6.45, 7) is 0. The summed E-state index contributed by atoms with van der Waals surface area (Å²) in [6.07, 6.45) is -4.14. The molecule has 0 unspecified atom stereocenters. The van der Waals surface area contributed by atoms with Crippen molar-refractivity contribution in [2.45, 2.75) is 24.4 Å². The molecule has 0 saturated heterocycles. The van der Waals surface area contributed by atoms with Gasteiger partial charge in [-0.05, 0) is 12.8 Å². The Morgan fingerprint density at radius 2 is 2.00 bits per heavy atom. The predicted octanol–water partition coefficient (Wildman–Crippen LogP) is 0.981. The Bertz CT molecular complexity index is 325. The van der Waals surface area contributed by atoms with E-state index in [1.54, 1.807) is 0 Å². The van der Waals surface area contributed by atoms with Gasteiger partial charge in [0.1, 0.15) is 11.2 Å². The number of anilines is 1. The largest absolute Gasteiger partial charge is 0.401 e. The highest BCUT2D eigenvalue weighted by Gasteiger charge is 2.66.